The molecular formula is C21H31Cl2N3O4S. The van der Waals surface area contributed by atoms with Crippen molar-refractivity contribution >= 4 is 52.9 Å². The number of carbonyl (C=O) groups excluding carboxylic acids is 3. The van der Waals surface area contributed by atoms with Crippen LogP contribution in [0.4, 0.5) is 4.79 Å². The topological polar surface area (TPSA) is 96.5 Å². The lowest BCUT2D eigenvalue weighted by Crippen LogP contribution is -2.51. The van der Waals surface area contributed by atoms with Gasteiger partial charge in [0, 0.05) is 17.6 Å². The first-order valence-electron chi connectivity index (χ1n) is 10.1. The molecule has 0 heterocycles. The first-order chi connectivity index (χ1) is 14.7. The number of thioether (sulfide) groups is 1. The molecule has 174 valence electrons. The summed E-state index contributed by atoms with van der Waals surface area (Å²) in [5.41, 5.74) is 0.245. The van der Waals surface area contributed by atoms with Crippen LogP contribution in [0.15, 0.2) is 18.2 Å². The molecule has 7 nitrogen and oxygen atoms in total. The zero-order valence-corrected chi connectivity index (χ0v) is 20.6. The smallest absolute Gasteiger partial charge is 0.407 e. The lowest BCUT2D eigenvalue weighted by molar-refractivity contribution is -0.123. The summed E-state index contributed by atoms with van der Waals surface area (Å²) in [6, 6.07) is 3.54. The molecule has 0 aliphatic rings. The van der Waals surface area contributed by atoms with E-state index in [4.69, 9.17) is 27.9 Å². The maximum Gasteiger partial charge on any atom is 0.407 e. The van der Waals surface area contributed by atoms with E-state index in [1.807, 2.05) is 20.1 Å². The fourth-order valence-corrected chi connectivity index (χ4v) is 3.83. The van der Waals surface area contributed by atoms with Crippen LogP contribution in [0.3, 0.4) is 0 Å². The molecule has 2 atom stereocenters. The van der Waals surface area contributed by atoms with Crippen molar-refractivity contribution in [2.75, 3.05) is 25.2 Å². The van der Waals surface area contributed by atoms with Gasteiger partial charge in [-0.05, 0) is 55.9 Å². The van der Waals surface area contributed by atoms with E-state index in [1.165, 1.54) is 12.1 Å². The minimum atomic E-state index is -0.742. The molecule has 2 unspecified atom stereocenters. The monoisotopic (exact) mass is 491 g/mol. The van der Waals surface area contributed by atoms with Crippen molar-refractivity contribution in [3.05, 3.63) is 33.8 Å². The highest BCUT2D eigenvalue weighted by molar-refractivity contribution is 7.98. The van der Waals surface area contributed by atoms with Crippen molar-refractivity contribution in [3.63, 3.8) is 0 Å². The molecule has 3 N–H and O–H groups in total. The molecule has 0 bridgehead atoms. The van der Waals surface area contributed by atoms with Crippen LogP contribution in [-0.4, -0.2) is 55.2 Å². The summed E-state index contributed by atoms with van der Waals surface area (Å²) in [4.78, 5) is 37.3. The number of ether oxygens (including phenoxy) is 1. The van der Waals surface area contributed by atoms with E-state index in [-0.39, 0.29) is 35.7 Å². The highest BCUT2D eigenvalue weighted by Gasteiger charge is 2.24. The number of alkyl carbamates (subject to hydrolysis) is 1. The van der Waals surface area contributed by atoms with Crippen molar-refractivity contribution in [3.8, 4) is 0 Å². The number of nitrogens with one attached hydrogen (secondary N) is 3. The molecule has 10 heteroatoms. The Kier molecular flexibility index (Phi) is 12.7. The number of halogens is 2. The van der Waals surface area contributed by atoms with Gasteiger partial charge in [0.25, 0.3) is 5.91 Å². The number of hydrogen-bond acceptors (Lipinski definition) is 5. The molecule has 1 aromatic carbocycles. The van der Waals surface area contributed by atoms with Gasteiger partial charge in [0.2, 0.25) is 5.91 Å². The van der Waals surface area contributed by atoms with E-state index in [0.29, 0.717) is 29.5 Å². The zero-order chi connectivity index (χ0) is 23.4. The number of benzene rings is 1. The second kappa shape index (κ2) is 14.4. The fraction of sp³-hybridized carbons (Fsp3) is 0.571. The fourth-order valence-electron chi connectivity index (χ4n) is 2.86. The van der Waals surface area contributed by atoms with Crippen LogP contribution in [0.25, 0.3) is 0 Å². The molecule has 0 aliphatic heterocycles. The van der Waals surface area contributed by atoms with Crippen molar-refractivity contribution < 1.29 is 19.1 Å². The molecule has 0 saturated carbocycles. The van der Waals surface area contributed by atoms with E-state index in [2.05, 4.69) is 16.0 Å². The van der Waals surface area contributed by atoms with Gasteiger partial charge in [0.15, 0.2) is 0 Å². The van der Waals surface area contributed by atoms with Crippen LogP contribution in [0.1, 0.15) is 44.0 Å². The summed E-state index contributed by atoms with van der Waals surface area (Å²) >= 11 is 13.6. The van der Waals surface area contributed by atoms with Gasteiger partial charge in [-0.2, -0.15) is 11.8 Å². The van der Waals surface area contributed by atoms with Gasteiger partial charge in [0.1, 0.15) is 6.04 Å². The molecule has 1 rings (SSSR count). The van der Waals surface area contributed by atoms with E-state index >= 15 is 0 Å². The SMILES string of the molecule is CCOC(=O)NC(CNC(=O)C(CCSC)NC(=O)c1ccc(Cl)cc1Cl)CC(C)C. The van der Waals surface area contributed by atoms with E-state index in [9.17, 15) is 14.4 Å². The first-order valence-corrected chi connectivity index (χ1v) is 12.3. The average molecular weight is 492 g/mol. The Bertz CT molecular complexity index is 749. The van der Waals surface area contributed by atoms with E-state index < -0.39 is 18.0 Å². The molecule has 0 aromatic heterocycles. The summed E-state index contributed by atoms with van der Waals surface area (Å²) in [7, 11) is 0. The molecule has 31 heavy (non-hydrogen) atoms. The molecule has 0 spiro atoms. The van der Waals surface area contributed by atoms with Crippen LogP contribution in [-0.2, 0) is 9.53 Å². The number of amides is 3. The quantitative estimate of drug-likeness (QED) is 0.408. The maximum absolute atomic E-state index is 12.8. The van der Waals surface area contributed by atoms with Gasteiger partial charge in [0.05, 0.1) is 17.2 Å². The van der Waals surface area contributed by atoms with Crippen molar-refractivity contribution in [1.29, 1.82) is 0 Å². The van der Waals surface area contributed by atoms with Crippen molar-refractivity contribution in [2.45, 2.75) is 45.7 Å². The molecular weight excluding hydrogens is 461 g/mol. The number of rotatable bonds is 12. The largest absolute Gasteiger partial charge is 0.450 e. The van der Waals surface area contributed by atoms with Crippen LogP contribution in [0.5, 0.6) is 0 Å². The molecule has 0 saturated heterocycles. The second-order valence-electron chi connectivity index (χ2n) is 7.37. The van der Waals surface area contributed by atoms with E-state index in [0.717, 1.165) is 0 Å². The van der Waals surface area contributed by atoms with Crippen LogP contribution in [0, 0.1) is 5.92 Å². The molecule has 0 aliphatic carbocycles. The summed E-state index contributed by atoms with van der Waals surface area (Å²) < 4.78 is 4.94. The minimum absolute atomic E-state index is 0.213. The van der Waals surface area contributed by atoms with Gasteiger partial charge in [-0.15, -0.1) is 0 Å². The Morgan fingerprint density at radius 3 is 2.45 bits per heavy atom. The number of hydrogen-bond donors (Lipinski definition) is 3. The third kappa shape index (κ3) is 10.5. The molecule has 1 aromatic rings. The Morgan fingerprint density at radius 1 is 1.16 bits per heavy atom. The molecule has 0 fully saturated rings. The lowest BCUT2D eigenvalue weighted by Gasteiger charge is -2.23. The van der Waals surface area contributed by atoms with Gasteiger partial charge < -0.3 is 20.7 Å². The van der Waals surface area contributed by atoms with Crippen molar-refractivity contribution in [1.82, 2.24) is 16.0 Å². The first kappa shape index (κ1) is 27.4. The molecule has 3 amide bonds. The Labute approximate surface area is 198 Å². The Morgan fingerprint density at radius 2 is 1.87 bits per heavy atom. The van der Waals surface area contributed by atoms with E-state index in [1.54, 1.807) is 24.8 Å². The molecule has 0 radical (unpaired) electrons. The predicted molar refractivity (Wildman–Crippen MR) is 127 cm³/mol. The zero-order valence-electron chi connectivity index (χ0n) is 18.3. The van der Waals surface area contributed by atoms with Crippen LogP contribution in [0.2, 0.25) is 10.0 Å². The summed E-state index contributed by atoms with van der Waals surface area (Å²) in [5.74, 6) is 0.213. The normalized spacial score (nSPS) is 12.7. The third-order valence-corrected chi connectivity index (χ3v) is 5.48. The van der Waals surface area contributed by atoms with Gasteiger partial charge in [-0.3, -0.25) is 9.59 Å². The average Bonchev–Trinajstić information content (AvgIpc) is 2.68. The van der Waals surface area contributed by atoms with Crippen LogP contribution >= 0.6 is 35.0 Å². The second-order valence-corrected chi connectivity index (χ2v) is 9.20. The number of carbonyl (C=O) groups is 3. The van der Waals surface area contributed by atoms with Crippen LogP contribution < -0.4 is 16.0 Å². The van der Waals surface area contributed by atoms with Gasteiger partial charge in [-0.1, -0.05) is 37.0 Å². The standard InChI is InChI=1S/C21H31Cl2N3O4S/c1-5-30-21(29)25-15(10-13(2)3)12-24-20(28)18(8-9-31-4)26-19(27)16-7-6-14(22)11-17(16)23/h6-7,11,13,15,18H,5,8-10,12H2,1-4H3,(H,24,28)(H,25,29)(H,26,27). The lowest BCUT2D eigenvalue weighted by atomic mass is 10.0. The summed E-state index contributed by atoms with van der Waals surface area (Å²) in [6.45, 7) is 6.27. The highest BCUT2D eigenvalue weighted by atomic mass is 35.5. The maximum atomic E-state index is 12.8. The van der Waals surface area contributed by atoms with Crippen molar-refractivity contribution in [2.24, 2.45) is 5.92 Å². The summed E-state index contributed by atoms with van der Waals surface area (Å²) in [6.07, 6.45) is 2.52. The summed E-state index contributed by atoms with van der Waals surface area (Å²) in [5, 5.41) is 8.99. The third-order valence-electron chi connectivity index (χ3n) is 4.28. The highest BCUT2D eigenvalue weighted by Crippen LogP contribution is 2.21. The Hall–Kier alpha value is -1.64. The minimum Gasteiger partial charge on any atom is -0.450 e. The van der Waals surface area contributed by atoms with Gasteiger partial charge in [-0.25, -0.2) is 4.79 Å². The van der Waals surface area contributed by atoms with Gasteiger partial charge >= 0.3 is 6.09 Å². The Balaban J connectivity index is 2.80. The predicted octanol–water partition coefficient (Wildman–Crippen LogP) is 4.12.